The first kappa shape index (κ1) is 18.8. The lowest BCUT2D eigenvalue weighted by Gasteiger charge is -2.14. The Labute approximate surface area is 158 Å². The molecule has 0 aliphatic carbocycles. The van der Waals surface area contributed by atoms with Gasteiger partial charge in [-0.3, -0.25) is 9.59 Å². The number of nitrogens with one attached hydrogen (secondary N) is 1. The summed E-state index contributed by atoms with van der Waals surface area (Å²) in [6, 6.07) is 11.0. The van der Waals surface area contributed by atoms with Crippen LogP contribution in [0.5, 0.6) is 5.75 Å². The van der Waals surface area contributed by atoms with E-state index in [9.17, 15) is 9.59 Å². The van der Waals surface area contributed by atoms with Crippen molar-refractivity contribution in [3.8, 4) is 5.75 Å². The molecule has 0 saturated heterocycles. The minimum Gasteiger partial charge on any atom is -0.494 e. The summed E-state index contributed by atoms with van der Waals surface area (Å²) in [5, 5.41) is 4.67. The first-order valence-electron chi connectivity index (χ1n) is 9.21. The molecule has 0 aromatic heterocycles. The van der Waals surface area contributed by atoms with Crippen molar-refractivity contribution >= 4 is 17.9 Å². The van der Waals surface area contributed by atoms with E-state index in [1.807, 2.05) is 39.0 Å². The second kappa shape index (κ2) is 8.16. The molecule has 1 heterocycles. The zero-order chi connectivity index (χ0) is 19.4. The highest BCUT2D eigenvalue weighted by Gasteiger charge is 2.19. The lowest BCUT2D eigenvalue weighted by molar-refractivity contribution is -0.120. The Morgan fingerprint density at radius 2 is 1.81 bits per heavy atom. The van der Waals surface area contributed by atoms with Crippen molar-refractivity contribution in [2.24, 2.45) is 10.9 Å². The quantitative estimate of drug-likeness (QED) is 0.853. The molecule has 0 fully saturated rings. The molecule has 140 valence electrons. The van der Waals surface area contributed by atoms with Crippen LogP contribution in [0.25, 0.3) is 6.08 Å². The monoisotopic (exact) mass is 364 g/mol. The molecule has 1 N–H and O–H groups in total. The summed E-state index contributed by atoms with van der Waals surface area (Å²) in [5.41, 5.74) is 2.68. The second-order valence-corrected chi connectivity index (χ2v) is 6.69. The summed E-state index contributed by atoms with van der Waals surface area (Å²) >= 11 is 0. The van der Waals surface area contributed by atoms with E-state index in [1.54, 1.807) is 24.3 Å². The number of hydrogen-bond donors (Lipinski definition) is 1. The Morgan fingerprint density at radius 3 is 2.52 bits per heavy atom. The Hall–Kier alpha value is -2.95. The number of hydrogen-bond acceptors (Lipinski definition) is 3. The molecule has 0 saturated carbocycles. The van der Waals surface area contributed by atoms with E-state index < -0.39 is 0 Å². The van der Waals surface area contributed by atoms with Gasteiger partial charge in [0.2, 0.25) is 0 Å². The van der Waals surface area contributed by atoms with Gasteiger partial charge in [0.05, 0.1) is 17.9 Å². The maximum Gasteiger partial charge on any atom is 0.253 e. The average Bonchev–Trinajstić information content (AvgIpc) is 2.66. The number of carbonyl (C=O) groups excluding carboxylic acids is 2. The van der Waals surface area contributed by atoms with Gasteiger partial charge >= 0.3 is 0 Å². The third kappa shape index (κ3) is 4.25. The number of amides is 2. The van der Waals surface area contributed by atoms with Gasteiger partial charge in [-0.05, 0) is 62.6 Å². The zero-order valence-corrected chi connectivity index (χ0v) is 15.9. The number of fused-ring (bicyclic) bond motifs is 1. The fourth-order valence-electron chi connectivity index (χ4n) is 3.16. The molecule has 27 heavy (non-hydrogen) atoms. The summed E-state index contributed by atoms with van der Waals surface area (Å²) in [4.78, 5) is 28.9. The van der Waals surface area contributed by atoms with E-state index in [0.29, 0.717) is 25.1 Å². The van der Waals surface area contributed by atoms with E-state index in [0.717, 1.165) is 27.5 Å². The van der Waals surface area contributed by atoms with Gasteiger partial charge in [-0.1, -0.05) is 18.2 Å². The Kier molecular flexibility index (Phi) is 5.69. The molecule has 0 spiro atoms. The van der Waals surface area contributed by atoms with Crippen LogP contribution in [0.1, 0.15) is 34.8 Å². The first-order chi connectivity index (χ1) is 13.0. The largest absolute Gasteiger partial charge is 0.494 e. The van der Waals surface area contributed by atoms with Crippen molar-refractivity contribution in [2.75, 3.05) is 13.2 Å². The lowest BCUT2D eigenvalue weighted by Crippen LogP contribution is -2.38. The normalized spacial score (nSPS) is 15.4. The molecule has 1 unspecified atom stereocenters. The number of benzene rings is 2. The summed E-state index contributed by atoms with van der Waals surface area (Å²) in [7, 11) is 0. The predicted molar refractivity (Wildman–Crippen MR) is 104 cm³/mol. The number of aryl methyl sites for hydroxylation is 2. The fraction of sp³-hybridized carbons (Fsp3) is 0.318. The van der Waals surface area contributed by atoms with Crippen molar-refractivity contribution < 1.29 is 14.3 Å². The average molecular weight is 364 g/mol. The minimum absolute atomic E-state index is 0.147. The highest BCUT2D eigenvalue weighted by atomic mass is 16.5. The van der Waals surface area contributed by atoms with Gasteiger partial charge in [0, 0.05) is 17.3 Å². The van der Waals surface area contributed by atoms with Crippen LogP contribution in [0.3, 0.4) is 0 Å². The molecule has 0 bridgehead atoms. The van der Waals surface area contributed by atoms with Crippen molar-refractivity contribution in [1.82, 2.24) is 5.32 Å². The van der Waals surface area contributed by atoms with Crippen LogP contribution >= 0.6 is 0 Å². The zero-order valence-electron chi connectivity index (χ0n) is 15.9. The van der Waals surface area contributed by atoms with Crippen molar-refractivity contribution in [1.29, 1.82) is 0 Å². The van der Waals surface area contributed by atoms with Gasteiger partial charge < -0.3 is 10.1 Å². The van der Waals surface area contributed by atoms with E-state index in [4.69, 9.17) is 4.74 Å². The Bertz CT molecular complexity index is 978. The maximum absolute atomic E-state index is 12.3. The molecular formula is C22H24N2O3. The number of ether oxygens (including phenoxy) is 1. The number of rotatable bonds is 6. The third-order valence-corrected chi connectivity index (χ3v) is 4.71. The fourth-order valence-corrected chi connectivity index (χ4v) is 3.16. The van der Waals surface area contributed by atoms with E-state index >= 15 is 0 Å². The first-order valence-corrected chi connectivity index (χ1v) is 9.21. The SMILES string of the molecule is CCOc1ccc(C(=O)NCCC2C=c3c(C)ccc(C)c3=NC2=O)cc1. The smallest absolute Gasteiger partial charge is 0.253 e. The van der Waals surface area contributed by atoms with E-state index in [1.165, 1.54) is 0 Å². The summed E-state index contributed by atoms with van der Waals surface area (Å²) < 4.78 is 5.38. The topological polar surface area (TPSA) is 67.8 Å². The van der Waals surface area contributed by atoms with Crippen LogP contribution < -0.4 is 20.6 Å². The molecule has 1 atom stereocenters. The van der Waals surface area contributed by atoms with Gasteiger partial charge in [0.25, 0.3) is 11.8 Å². The highest BCUT2D eigenvalue weighted by molar-refractivity contribution is 5.94. The molecule has 1 aliphatic rings. The maximum atomic E-state index is 12.3. The van der Waals surface area contributed by atoms with Crippen LogP contribution in [0.15, 0.2) is 41.4 Å². The molecule has 2 aromatic carbocycles. The van der Waals surface area contributed by atoms with Gasteiger partial charge in [0.15, 0.2) is 0 Å². The summed E-state index contributed by atoms with van der Waals surface area (Å²) in [6.07, 6.45) is 2.51. The lowest BCUT2D eigenvalue weighted by atomic mass is 9.97. The molecule has 1 aliphatic heterocycles. The second-order valence-electron chi connectivity index (χ2n) is 6.69. The molecular weight excluding hydrogens is 340 g/mol. The predicted octanol–water partition coefficient (Wildman–Crippen LogP) is 2.08. The number of carbonyl (C=O) groups is 2. The molecule has 5 nitrogen and oxygen atoms in total. The van der Waals surface area contributed by atoms with Gasteiger partial charge in [-0.15, -0.1) is 0 Å². The van der Waals surface area contributed by atoms with Crippen LogP contribution in [0.4, 0.5) is 0 Å². The van der Waals surface area contributed by atoms with Crippen LogP contribution in [0.2, 0.25) is 0 Å². The molecule has 3 rings (SSSR count). The van der Waals surface area contributed by atoms with Gasteiger partial charge in [0.1, 0.15) is 5.75 Å². The third-order valence-electron chi connectivity index (χ3n) is 4.71. The summed E-state index contributed by atoms with van der Waals surface area (Å²) in [5.74, 6) is 0.123. The Balaban J connectivity index is 1.63. The molecule has 2 amide bonds. The highest BCUT2D eigenvalue weighted by Crippen LogP contribution is 2.13. The molecule has 0 radical (unpaired) electrons. The van der Waals surface area contributed by atoms with Crippen molar-refractivity contribution in [3.63, 3.8) is 0 Å². The van der Waals surface area contributed by atoms with E-state index in [2.05, 4.69) is 10.3 Å². The molecule has 5 heteroatoms. The van der Waals surface area contributed by atoms with Crippen LogP contribution in [-0.2, 0) is 4.79 Å². The molecule has 2 aromatic rings. The Morgan fingerprint density at radius 1 is 1.11 bits per heavy atom. The van der Waals surface area contributed by atoms with Crippen LogP contribution in [-0.4, -0.2) is 25.0 Å². The minimum atomic E-state index is -0.307. The van der Waals surface area contributed by atoms with Gasteiger partial charge in [-0.25, -0.2) is 4.99 Å². The van der Waals surface area contributed by atoms with Crippen molar-refractivity contribution in [3.05, 3.63) is 63.7 Å². The van der Waals surface area contributed by atoms with Gasteiger partial charge in [-0.2, -0.15) is 0 Å². The summed E-state index contributed by atoms with van der Waals surface area (Å²) in [6.45, 7) is 6.89. The van der Waals surface area contributed by atoms with Crippen molar-refractivity contribution in [2.45, 2.75) is 27.2 Å². The van der Waals surface area contributed by atoms with E-state index in [-0.39, 0.29) is 17.7 Å². The number of nitrogens with zero attached hydrogens (tertiary/aromatic N) is 1. The van der Waals surface area contributed by atoms with Crippen LogP contribution in [0, 0.1) is 19.8 Å². The standard InChI is InChI=1S/C22H24N2O3/c1-4-27-18-9-7-16(8-10-18)21(25)23-12-11-17-13-19-14(2)5-6-15(3)20(19)24-22(17)26/h5-10,13,17H,4,11-12H2,1-3H3,(H,23,25).